The van der Waals surface area contributed by atoms with Crippen molar-refractivity contribution in [3.8, 4) is 0 Å². The van der Waals surface area contributed by atoms with Crippen molar-refractivity contribution in [2.45, 2.75) is 32.7 Å². The van der Waals surface area contributed by atoms with E-state index in [0.29, 0.717) is 11.5 Å². The number of halogens is 2. The van der Waals surface area contributed by atoms with Gasteiger partial charge in [-0.25, -0.2) is 0 Å². The monoisotopic (exact) mass is 346 g/mol. The van der Waals surface area contributed by atoms with Gasteiger partial charge in [0.15, 0.2) is 0 Å². The number of benzene rings is 1. The minimum atomic E-state index is 0. The van der Waals surface area contributed by atoms with E-state index in [0.717, 1.165) is 24.0 Å². The number of nitrogens with zero attached hydrogens (tertiary/aromatic N) is 1. The maximum absolute atomic E-state index is 5.90. The van der Waals surface area contributed by atoms with Crippen molar-refractivity contribution in [1.29, 1.82) is 0 Å². The Balaban J connectivity index is 0.00000180. The zero-order valence-electron chi connectivity index (χ0n) is 11.7. The molecule has 0 aliphatic carbocycles. The molecule has 1 aliphatic rings. The first-order chi connectivity index (χ1) is 8.58. The summed E-state index contributed by atoms with van der Waals surface area (Å²) in [4.78, 5) is 2.59. The average molecular weight is 348 g/mol. The van der Waals surface area contributed by atoms with Crippen LogP contribution >= 0.6 is 28.3 Å². The van der Waals surface area contributed by atoms with Crippen molar-refractivity contribution in [2.24, 2.45) is 11.1 Å². The molecule has 1 aromatic carbocycles. The van der Waals surface area contributed by atoms with Gasteiger partial charge in [0.05, 0.1) is 0 Å². The molecule has 1 saturated heterocycles. The van der Waals surface area contributed by atoms with E-state index in [1.807, 2.05) is 0 Å². The van der Waals surface area contributed by atoms with E-state index < -0.39 is 0 Å². The first kappa shape index (κ1) is 17.0. The van der Waals surface area contributed by atoms with Crippen LogP contribution in [0.25, 0.3) is 0 Å². The quantitative estimate of drug-likeness (QED) is 0.892. The van der Waals surface area contributed by atoms with E-state index in [9.17, 15) is 0 Å². The second kappa shape index (κ2) is 7.07. The summed E-state index contributed by atoms with van der Waals surface area (Å²) >= 11 is 3.50. The molecule has 19 heavy (non-hydrogen) atoms. The third-order valence-corrected chi connectivity index (χ3v) is 4.69. The SMILES string of the molecule is CCC(c1ccc(Br)cc1)N1CCC(C)(CN)C1.Cl. The predicted octanol–water partition coefficient (Wildman–Crippen LogP) is 3.99. The summed E-state index contributed by atoms with van der Waals surface area (Å²) in [6.45, 7) is 7.66. The van der Waals surface area contributed by atoms with Crippen LogP contribution < -0.4 is 5.73 Å². The average Bonchev–Trinajstić information content (AvgIpc) is 2.76. The second-order valence-electron chi connectivity index (χ2n) is 5.71. The lowest BCUT2D eigenvalue weighted by Crippen LogP contribution is -2.33. The van der Waals surface area contributed by atoms with Crippen molar-refractivity contribution < 1.29 is 0 Å². The number of hydrogen-bond acceptors (Lipinski definition) is 2. The summed E-state index contributed by atoms with van der Waals surface area (Å²) in [5.74, 6) is 0. The van der Waals surface area contributed by atoms with Gasteiger partial charge in [0.25, 0.3) is 0 Å². The van der Waals surface area contributed by atoms with Gasteiger partial charge in [-0.15, -0.1) is 12.4 Å². The lowest BCUT2D eigenvalue weighted by atomic mass is 9.90. The Kier molecular flexibility index (Phi) is 6.31. The van der Waals surface area contributed by atoms with Crippen LogP contribution in [-0.2, 0) is 0 Å². The summed E-state index contributed by atoms with van der Waals surface area (Å²) in [5, 5.41) is 0. The van der Waals surface area contributed by atoms with Crippen LogP contribution in [0.3, 0.4) is 0 Å². The third kappa shape index (κ3) is 3.94. The Morgan fingerprint density at radius 1 is 1.37 bits per heavy atom. The molecular formula is C15H24BrClN2. The first-order valence-electron chi connectivity index (χ1n) is 6.77. The van der Waals surface area contributed by atoms with Crippen LogP contribution in [0.1, 0.15) is 38.3 Å². The second-order valence-corrected chi connectivity index (χ2v) is 6.63. The van der Waals surface area contributed by atoms with Gasteiger partial charge in [-0.05, 0) is 49.0 Å². The van der Waals surface area contributed by atoms with Crippen LogP contribution in [0.15, 0.2) is 28.7 Å². The van der Waals surface area contributed by atoms with Gasteiger partial charge in [0.2, 0.25) is 0 Å². The molecule has 4 heteroatoms. The summed E-state index contributed by atoms with van der Waals surface area (Å²) < 4.78 is 1.15. The van der Waals surface area contributed by atoms with Gasteiger partial charge in [-0.3, -0.25) is 4.90 Å². The van der Waals surface area contributed by atoms with Crippen LogP contribution in [0.4, 0.5) is 0 Å². The van der Waals surface area contributed by atoms with Gasteiger partial charge in [-0.2, -0.15) is 0 Å². The Labute approximate surface area is 131 Å². The molecule has 2 nitrogen and oxygen atoms in total. The van der Waals surface area contributed by atoms with Gasteiger partial charge in [-0.1, -0.05) is 41.9 Å². The fourth-order valence-electron chi connectivity index (χ4n) is 2.88. The van der Waals surface area contributed by atoms with E-state index in [4.69, 9.17) is 5.73 Å². The molecule has 1 aliphatic heterocycles. The molecule has 1 aromatic rings. The zero-order chi connectivity index (χ0) is 13.2. The molecular weight excluding hydrogens is 324 g/mol. The highest BCUT2D eigenvalue weighted by Crippen LogP contribution is 2.36. The van der Waals surface area contributed by atoms with Crippen molar-refractivity contribution >= 4 is 28.3 Å². The smallest absolute Gasteiger partial charge is 0.0345 e. The predicted molar refractivity (Wildman–Crippen MR) is 87.8 cm³/mol. The molecule has 0 saturated carbocycles. The number of rotatable bonds is 4. The standard InChI is InChI=1S/C15H23BrN2.ClH/c1-3-14(12-4-6-13(16)7-5-12)18-9-8-15(2,10-17)11-18;/h4-7,14H,3,8-11,17H2,1-2H3;1H. The van der Waals surface area contributed by atoms with Crippen molar-refractivity contribution in [1.82, 2.24) is 4.90 Å². The highest BCUT2D eigenvalue weighted by Gasteiger charge is 2.35. The van der Waals surface area contributed by atoms with Gasteiger partial charge < -0.3 is 5.73 Å². The fraction of sp³-hybridized carbons (Fsp3) is 0.600. The van der Waals surface area contributed by atoms with E-state index >= 15 is 0 Å². The van der Waals surface area contributed by atoms with Gasteiger partial charge in [0.1, 0.15) is 0 Å². The Morgan fingerprint density at radius 2 is 2.00 bits per heavy atom. The molecule has 0 spiro atoms. The molecule has 2 unspecified atom stereocenters. The number of nitrogens with two attached hydrogens (primary N) is 1. The fourth-order valence-corrected chi connectivity index (χ4v) is 3.15. The van der Waals surface area contributed by atoms with Crippen LogP contribution in [0.2, 0.25) is 0 Å². The van der Waals surface area contributed by atoms with Crippen molar-refractivity contribution in [3.05, 3.63) is 34.3 Å². The number of hydrogen-bond donors (Lipinski definition) is 1. The van der Waals surface area contributed by atoms with Crippen molar-refractivity contribution in [2.75, 3.05) is 19.6 Å². The normalized spacial score (nSPS) is 25.1. The maximum atomic E-state index is 5.90. The highest BCUT2D eigenvalue weighted by atomic mass is 79.9. The zero-order valence-corrected chi connectivity index (χ0v) is 14.1. The minimum absolute atomic E-state index is 0. The highest BCUT2D eigenvalue weighted by molar-refractivity contribution is 9.10. The lowest BCUT2D eigenvalue weighted by molar-refractivity contribution is 0.209. The first-order valence-corrected chi connectivity index (χ1v) is 7.57. The summed E-state index contributed by atoms with van der Waals surface area (Å²) in [7, 11) is 0. The summed E-state index contributed by atoms with van der Waals surface area (Å²) in [5.41, 5.74) is 7.62. The van der Waals surface area contributed by atoms with Crippen molar-refractivity contribution in [3.63, 3.8) is 0 Å². The Hall–Kier alpha value is -0.0900. The third-order valence-electron chi connectivity index (χ3n) is 4.16. The minimum Gasteiger partial charge on any atom is -0.330 e. The summed E-state index contributed by atoms with van der Waals surface area (Å²) in [6.07, 6.45) is 2.37. The lowest BCUT2D eigenvalue weighted by Gasteiger charge is -2.29. The molecule has 2 atom stereocenters. The molecule has 0 amide bonds. The van der Waals surface area contributed by atoms with E-state index in [2.05, 4.69) is 58.9 Å². The molecule has 0 radical (unpaired) electrons. The van der Waals surface area contributed by atoms with E-state index in [1.165, 1.54) is 18.5 Å². The molecule has 0 bridgehead atoms. The van der Waals surface area contributed by atoms with E-state index in [-0.39, 0.29) is 12.4 Å². The Bertz CT molecular complexity index is 396. The van der Waals surface area contributed by atoms with Crippen LogP contribution in [0, 0.1) is 5.41 Å². The maximum Gasteiger partial charge on any atom is 0.0345 e. The Morgan fingerprint density at radius 3 is 2.47 bits per heavy atom. The van der Waals surface area contributed by atoms with Crippen LogP contribution in [-0.4, -0.2) is 24.5 Å². The van der Waals surface area contributed by atoms with Crippen LogP contribution in [0.5, 0.6) is 0 Å². The van der Waals surface area contributed by atoms with Gasteiger partial charge in [0, 0.05) is 17.1 Å². The summed E-state index contributed by atoms with van der Waals surface area (Å²) in [6, 6.07) is 9.27. The molecule has 1 heterocycles. The van der Waals surface area contributed by atoms with Gasteiger partial charge >= 0.3 is 0 Å². The molecule has 2 rings (SSSR count). The molecule has 1 fully saturated rings. The van der Waals surface area contributed by atoms with E-state index in [1.54, 1.807) is 0 Å². The largest absolute Gasteiger partial charge is 0.330 e. The molecule has 0 aromatic heterocycles. The topological polar surface area (TPSA) is 29.3 Å². The number of likely N-dealkylation sites (tertiary alicyclic amines) is 1. The molecule has 108 valence electrons. The molecule has 2 N–H and O–H groups in total.